The molecule has 9 nitrogen and oxygen atoms in total. The summed E-state index contributed by atoms with van der Waals surface area (Å²) in [6.07, 6.45) is 1.20. The lowest BCUT2D eigenvalue weighted by Gasteiger charge is -2.40. The zero-order chi connectivity index (χ0) is 28.1. The third kappa shape index (κ3) is 4.12. The average molecular weight is 550 g/mol. The topological polar surface area (TPSA) is 101 Å². The summed E-state index contributed by atoms with van der Waals surface area (Å²) < 4.78 is 51.7. The first-order chi connectivity index (χ1) is 19.3. The summed E-state index contributed by atoms with van der Waals surface area (Å²) in [6, 6.07) is 8.45. The average Bonchev–Trinajstić information content (AvgIpc) is 3.10. The van der Waals surface area contributed by atoms with Crippen LogP contribution in [0, 0.1) is 17.5 Å². The highest BCUT2D eigenvalue weighted by Gasteiger charge is 2.37. The van der Waals surface area contributed by atoms with Crippen LogP contribution in [0.3, 0.4) is 0 Å². The highest BCUT2D eigenvalue weighted by Crippen LogP contribution is 2.43. The molecule has 0 aliphatic carbocycles. The molecule has 2 aliphatic heterocycles. The van der Waals surface area contributed by atoms with E-state index in [1.54, 1.807) is 9.80 Å². The number of rotatable bonds is 4. The number of aromatic hydroxyl groups is 1. The Morgan fingerprint density at radius 2 is 1.90 bits per heavy atom. The molecule has 0 spiro atoms. The van der Waals surface area contributed by atoms with E-state index in [1.165, 1.54) is 42.5 Å². The number of hydrogen-bond acceptors (Lipinski definition) is 7. The molecular formula is C28H22F3N5O4. The van der Waals surface area contributed by atoms with Gasteiger partial charge in [0.15, 0.2) is 17.2 Å². The lowest BCUT2D eigenvalue weighted by molar-refractivity contribution is -0.126. The summed E-state index contributed by atoms with van der Waals surface area (Å²) in [5, 5.41) is 10.5. The quantitative estimate of drug-likeness (QED) is 0.390. The fourth-order valence-electron chi connectivity index (χ4n) is 5.18. The molecule has 204 valence electrons. The molecule has 1 fully saturated rings. The molecule has 2 aliphatic rings. The van der Waals surface area contributed by atoms with Gasteiger partial charge >= 0.3 is 5.69 Å². The van der Waals surface area contributed by atoms with Gasteiger partial charge < -0.3 is 19.6 Å². The minimum Gasteiger partial charge on any atom is -0.507 e. The van der Waals surface area contributed by atoms with Gasteiger partial charge in [-0.3, -0.25) is 9.36 Å². The number of benzene rings is 2. The van der Waals surface area contributed by atoms with Gasteiger partial charge in [-0.1, -0.05) is 24.8 Å². The first kappa shape index (κ1) is 25.4. The lowest BCUT2D eigenvalue weighted by Crippen LogP contribution is -2.56. The molecule has 0 bridgehead atoms. The molecule has 4 heterocycles. The summed E-state index contributed by atoms with van der Waals surface area (Å²) in [6.45, 7) is 4.12. The number of anilines is 1. The van der Waals surface area contributed by atoms with E-state index in [-0.39, 0.29) is 54.7 Å². The Morgan fingerprint density at radius 3 is 2.62 bits per heavy atom. The summed E-state index contributed by atoms with van der Waals surface area (Å²) in [7, 11) is 0. The highest BCUT2D eigenvalue weighted by atomic mass is 19.1. The minimum atomic E-state index is -1.04. The van der Waals surface area contributed by atoms with Gasteiger partial charge in [0.2, 0.25) is 5.91 Å². The van der Waals surface area contributed by atoms with Crippen LogP contribution < -0.4 is 15.3 Å². The number of amides is 1. The van der Waals surface area contributed by atoms with Crippen molar-refractivity contribution in [2.45, 2.75) is 12.6 Å². The van der Waals surface area contributed by atoms with Gasteiger partial charge in [-0.05, 0) is 35.9 Å². The standard InChI is InChI=1S/C28H22F3N5O4/c1-2-20(38)34-10-11-35-17(13-34)14-40-25-22-26(32-24(23(25)31)21-18(30)4-3-5-19(21)37)36(28(39)33-27(22)35)12-15-6-8-16(29)9-7-15/h2-9,17,37H,1,10-14H2/t17-/m1/s1. The van der Waals surface area contributed by atoms with Crippen LogP contribution in [0.15, 0.2) is 59.9 Å². The van der Waals surface area contributed by atoms with Crippen LogP contribution in [0.25, 0.3) is 22.3 Å². The molecule has 1 saturated heterocycles. The number of phenolic OH excluding ortho intramolecular Hbond substituents is 1. The second-order valence-electron chi connectivity index (χ2n) is 9.51. The van der Waals surface area contributed by atoms with Gasteiger partial charge in [0, 0.05) is 19.6 Å². The Balaban J connectivity index is 1.61. The first-order valence-electron chi connectivity index (χ1n) is 12.4. The van der Waals surface area contributed by atoms with E-state index >= 15 is 4.39 Å². The summed E-state index contributed by atoms with van der Waals surface area (Å²) in [4.78, 5) is 37.7. The second kappa shape index (κ2) is 9.70. The van der Waals surface area contributed by atoms with Gasteiger partial charge in [0.1, 0.15) is 40.9 Å². The van der Waals surface area contributed by atoms with Crippen LogP contribution in [0.4, 0.5) is 19.0 Å². The number of carbonyl (C=O) groups is 1. The van der Waals surface area contributed by atoms with Gasteiger partial charge in [0.05, 0.1) is 18.2 Å². The van der Waals surface area contributed by atoms with Crippen LogP contribution in [0.2, 0.25) is 0 Å². The number of piperazine rings is 1. The van der Waals surface area contributed by atoms with E-state index < -0.39 is 46.2 Å². The maximum atomic E-state index is 16.2. The third-order valence-corrected chi connectivity index (χ3v) is 7.13. The van der Waals surface area contributed by atoms with Gasteiger partial charge in [-0.2, -0.15) is 4.98 Å². The fourth-order valence-corrected chi connectivity index (χ4v) is 5.18. The van der Waals surface area contributed by atoms with Crippen molar-refractivity contribution in [3.8, 4) is 22.8 Å². The molecule has 4 aromatic rings. The van der Waals surface area contributed by atoms with Gasteiger partial charge in [0.25, 0.3) is 0 Å². The van der Waals surface area contributed by atoms with Crippen LogP contribution in [-0.4, -0.2) is 62.7 Å². The first-order valence-corrected chi connectivity index (χ1v) is 12.4. The molecule has 2 aromatic carbocycles. The Kier molecular flexibility index (Phi) is 6.16. The summed E-state index contributed by atoms with van der Waals surface area (Å²) >= 11 is 0. The Bertz CT molecular complexity index is 1720. The van der Waals surface area contributed by atoms with E-state index in [1.807, 2.05) is 0 Å². The number of pyridine rings is 1. The molecule has 6 rings (SSSR count). The van der Waals surface area contributed by atoms with E-state index in [0.717, 1.165) is 10.6 Å². The zero-order valence-electron chi connectivity index (χ0n) is 21.0. The molecule has 1 atom stereocenters. The van der Waals surface area contributed by atoms with Gasteiger partial charge in [-0.25, -0.2) is 22.9 Å². The Labute approximate surface area is 225 Å². The molecule has 1 N–H and O–H groups in total. The molecule has 0 saturated carbocycles. The lowest BCUT2D eigenvalue weighted by atomic mass is 10.1. The Hall–Kier alpha value is -4.87. The fraction of sp³-hybridized carbons (Fsp3) is 0.214. The Morgan fingerprint density at radius 1 is 1.12 bits per heavy atom. The van der Waals surface area contributed by atoms with Gasteiger partial charge in [-0.15, -0.1) is 0 Å². The third-order valence-electron chi connectivity index (χ3n) is 7.13. The van der Waals surface area contributed by atoms with Crippen LogP contribution in [0.1, 0.15) is 5.56 Å². The number of hydrogen-bond donors (Lipinski definition) is 1. The van der Waals surface area contributed by atoms with E-state index in [4.69, 9.17) is 4.74 Å². The van der Waals surface area contributed by atoms with Crippen LogP contribution >= 0.6 is 0 Å². The molecule has 12 heteroatoms. The normalized spacial score (nSPS) is 16.3. The summed E-state index contributed by atoms with van der Waals surface area (Å²) in [5.41, 5.74) is -1.30. The minimum absolute atomic E-state index is 0.0568. The van der Waals surface area contributed by atoms with Crippen molar-refractivity contribution in [2.24, 2.45) is 0 Å². The number of fused-ring (bicyclic) bond motifs is 2. The second-order valence-corrected chi connectivity index (χ2v) is 9.51. The zero-order valence-corrected chi connectivity index (χ0v) is 21.0. The summed E-state index contributed by atoms with van der Waals surface area (Å²) in [5.74, 6) is -3.45. The monoisotopic (exact) mass is 549 g/mol. The largest absolute Gasteiger partial charge is 0.507 e. The SMILES string of the molecule is C=CC(=O)N1CCN2c3nc(=O)n(Cc4ccc(F)cc4)c4nc(-c5c(O)cccc5F)c(F)c(c34)OC[C@H]2C1. The van der Waals surface area contributed by atoms with Crippen molar-refractivity contribution in [1.82, 2.24) is 19.4 Å². The van der Waals surface area contributed by atoms with E-state index in [2.05, 4.69) is 16.5 Å². The smallest absolute Gasteiger partial charge is 0.351 e. The molecular weight excluding hydrogens is 527 g/mol. The number of aromatic nitrogens is 3. The van der Waals surface area contributed by atoms with Crippen molar-refractivity contribution >= 4 is 22.8 Å². The number of carbonyl (C=O) groups excluding carboxylic acids is 1. The maximum Gasteiger partial charge on any atom is 0.351 e. The number of ether oxygens (including phenoxy) is 1. The molecule has 1 amide bonds. The van der Waals surface area contributed by atoms with Crippen LogP contribution in [0.5, 0.6) is 11.5 Å². The number of halogens is 3. The highest BCUT2D eigenvalue weighted by molar-refractivity contribution is 5.96. The van der Waals surface area contributed by atoms with E-state index in [9.17, 15) is 23.5 Å². The number of phenols is 1. The predicted octanol–water partition coefficient (Wildman–Crippen LogP) is 3.23. The van der Waals surface area contributed by atoms with Crippen molar-refractivity contribution in [2.75, 3.05) is 31.1 Å². The molecule has 0 unspecified atom stereocenters. The predicted molar refractivity (Wildman–Crippen MR) is 140 cm³/mol. The molecule has 0 radical (unpaired) electrons. The van der Waals surface area contributed by atoms with Crippen molar-refractivity contribution in [3.63, 3.8) is 0 Å². The van der Waals surface area contributed by atoms with Crippen LogP contribution in [-0.2, 0) is 11.3 Å². The maximum absolute atomic E-state index is 16.2. The van der Waals surface area contributed by atoms with Crippen molar-refractivity contribution < 1.29 is 27.8 Å². The van der Waals surface area contributed by atoms with E-state index in [0.29, 0.717) is 12.1 Å². The molecule has 2 aromatic heterocycles. The number of nitrogens with zero attached hydrogens (tertiary/aromatic N) is 5. The van der Waals surface area contributed by atoms with Crippen molar-refractivity contribution in [1.29, 1.82) is 0 Å². The van der Waals surface area contributed by atoms with Crippen molar-refractivity contribution in [3.05, 3.63) is 88.6 Å². The molecule has 40 heavy (non-hydrogen) atoms.